The van der Waals surface area contributed by atoms with Crippen molar-refractivity contribution in [3.05, 3.63) is 75.5 Å². The summed E-state index contributed by atoms with van der Waals surface area (Å²) in [5.74, 6) is -0.0323. The Morgan fingerprint density at radius 2 is 1.94 bits per heavy atom. The highest BCUT2D eigenvalue weighted by molar-refractivity contribution is 7.15. The number of hydrogen-bond donors (Lipinski definition) is 2. The molecule has 1 amide bonds. The van der Waals surface area contributed by atoms with Gasteiger partial charge in [0.05, 0.1) is 16.7 Å². The minimum absolute atomic E-state index is 0.103. The lowest BCUT2D eigenvalue weighted by molar-refractivity contribution is -0.116. The molecule has 0 radical (unpaired) electrons. The van der Waals surface area contributed by atoms with Crippen LogP contribution in [-0.2, 0) is 11.2 Å². The summed E-state index contributed by atoms with van der Waals surface area (Å²) in [5, 5.41) is 9.13. The van der Waals surface area contributed by atoms with E-state index < -0.39 is 0 Å². The summed E-state index contributed by atoms with van der Waals surface area (Å²) in [5.41, 5.74) is 4.54. The molecule has 0 unspecified atom stereocenters. The van der Waals surface area contributed by atoms with Crippen molar-refractivity contribution in [2.75, 3.05) is 5.32 Å². The largest absolute Gasteiger partial charge is 0.319 e. The molecular weight excluding hydrogens is 412 g/mol. The first-order chi connectivity index (χ1) is 15.1. The molecule has 8 nitrogen and oxygen atoms in total. The van der Waals surface area contributed by atoms with E-state index in [0.29, 0.717) is 21.7 Å². The molecule has 3 aromatic heterocycles. The van der Waals surface area contributed by atoms with Crippen LogP contribution in [0.4, 0.5) is 5.95 Å². The van der Waals surface area contributed by atoms with E-state index in [4.69, 9.17) is 0 Å². The lowest BCUT2D eigenvalue weighted by atomic mass is 10.1. The Bertz CT molecular complexity index is 1470. The van der Waals surface area contributed by atoms with Gasteiger partial charge in [-0.25, -0.2) is 9.50 Å². The molecule has 154 valence electrons. The van der Waals surface area contributed by atoms with Crippen molar-refractivity contribution in [2.45, 2.75) is 19.8 Å². The zero-order valence-electron chi connectivity index (χ0n) is 16.6. The summed E-state index contributed by atoms with van der Waals surface area (Å²) >= 11 is 1.46. The normalized spacial score (nSPS) is 11.3. The molecule has 2 aromatic carbocycles. The third-order valence-corrected chi connectivity index (χ3v) is 5.75. The van der Waals surface area contributed by atoms with Crippen molar-refractivity contribution < 1.29 is 4.79 Å². The lowest BCUT2D eigenvalue weighted by Crippen LogP contribution is -2.19. The van der Waals surface area contributed by atoms with Crippen molar-refractivity contribution >= 4 is 39.2 Å². The van der Waals surface area contributed by atoms with E-state index in [2.05, 4.69) is 25.4 Å². The molecule has 0 fully saturated rings. The topological polar surface area (TPSA) is 105 Å². The number of anilines is 1. The van der Waals surface area contributed by atoms with Gasteiger partial charge in [0.15, 0.2) is 0 Å². The van der Waals surface area contributed by atoms with Crippen molar-refractivity contribution in [1.82, 2.24) is 24.6 Å². The van der Waals surface area contributed by atoms with Crippen molar-refractivity contribution in [1.29, 1.82) is 0 Å². The van der Waals surface area contributed by atoms with Crippen LogP contribution in [-0.4, -0.2) is 30.5 Å². The van der Waals surface area contributed by atoms with E-state index in [0.717, 1.165) is 11.3 Å². The average molecular weight is 430 g/mol. The molecule has 0 aliphatic carbocycles. The van der Waals surface area contributed by atoms with E-state index in [1.54, 1.807) is 10.6 Å². The molecule has 0 spiro atoms. The van der Waals surface area contributed by atoms with E-state index >= 15 is 0 Å². The first-order valence-electron chi connectivity index (χ1n) is 9.76. The number of nitrogens with zero attached hydrogens (tertiary/aromatic N) is 4. The molecule has 2 N–H and O–H groups in total. The second kappa shape index (κ2) is 7.77. The number of carbonyl (C=O) groups excluding carboxylic acids is 1. The number of rotatable bonds is 5. The molecule has 0 atom stereocenters. The maximum Gasteiger partial charge on any atom is 0.270 e. The van der Waals surface area contributed by atoms with Crippen LogP contribution < -0.4 is 10.9 Å². The Balaban J connectivity index is 1.30. The van der Waals surface area contributed by atoms with Crippen LogP contribution in [0.1, 0.15) is 17.7 Å². The predicted octanol–water partition coefficient (Wildman–Crippen LogP) is 3.57. The standard InChI is InChI=1S/C22H18N6O2S/c1-13-6-8-14(9-7-13)18-12-31-22-26-21(27-28(18)22)25-19(29)11-10-17-20(30)24-16-5-3-2-4-15(16)23-17/h2-9,12H,10-11H2,1H3,(H,24,30)(H,25,27,29). The molecule has 0 saturated carbocycles. The van der Waals surface area contributed by atoms with Gasteiger partial charge < -0.3 is 4.98 Å². The number of fused-ring (bicyclic) bond motifs is 2. The summed E-state index contributed by atoms with van der Waals surface area (Å²) in [6.07, 6.45) is 0.328. The molecule has 0 saturated heterocycles. The fraction of sp³-hybridized carbons (Fsp3) is 0.136. The number of para-hydroxylation sites is 2. The van der Waals surface area contributed by atoms with Crippen LogP contribution in [0.3, 0.4) is 0 Å². The van der Waals surface area contributed by atoms with Crippen LogP contribution in [0, 0.1) is 6.92 Å². The Morgan fingerprint density at radius 3 is 2.77 bits per heavy atom. The van der Waals surface area contributed by atoms with Crippen molar-refractivity contribution in [3.8, 4) is 11.3 Å². The van der Waals surface area contributed by atoms with Gasteiger partial charge in [0.25, 0.3) is 5.56 Å². The fourth-order valence-electron chi connectivity index (χ4n) is 3.31. The van der Waals surface area contributed by atoms with Gasteiger partial charge in [-0.15, -0.1) is 16.4 Å². The molecule has 9 heteroatoms. The van der Waals surface area contributed by atoms with Crippen LogP contribution in [0.2, 0.25) is 0 Å². The van der Waals surface area contributed by atoms with Crippen molar-refractivity contribution in [2.24, 2.45) is 0 Å². The minimum atomic E-state index is -0.283. The highest BCUT2D eigenvalue weighted by Crippen LogP contribution is 2.26. The molecule has 5 aromatic rings. The third kappa shape index (κ3) is 3.82. The smallest absolute Gasteiger partial charge is 0.270 e. The van der Waals surface area contributed by atoms with Crippen LogP contribution in [0.15, 0.2) is 58.7 Å². The first kappa shape index (κ1) is 19.1. The number of aromatic amines is 1. The van der Waals surface area contributed by atoms with Gasteiger partial charge in [0.1, 0.15) is 5.69 Å². The Labute approximate surface area is 180 Å². The van der Waals surface area contributed by atoms with Gasteiger partial charge in [-0.2, -0.15) is 4.98 Å². The summed E-state index contributed by atoms with van der Waals surface area (Å²) in [4.78, 5) is 36.9. The van der Waals surface area contributed by atoms with Gasteiger partial charge >= 0.3 is 0 Å². The molecule has 31 heavy (non-hydrogen) atoms. The van der Waals surface area contributed by atoms with Crippen LogP contribution in [0.5, 0.6) is 0 Å². The van der Waals surface area contributed by atoms with Gasteiger partial charge in [0, 0.05) is 23.8 Å². The molecule has 0 aliphatic rings. The highest BCUT2D eigenvalue weighted by Gasteiger charge is 2.14. The lowest BCUT2D eigenvalue weighted by Gasteiger charge is -2.03. The molecule has 5 rings (SSSR count). The average Bonchev–Trinajstić information content (AvgIpc) is 3.33. The number of aromatic nitrogens is 5. The number of aryl methyl sites for hydroxylation is 2. The zero-order valence-corrected chi connectivity index (χ0v) is 17.4. The SMILES string of the molecule is Cc1ccc(-c2csc3nc(NC(=O)CCc4nc5ccccc5[nH]c4=O)nn23)cc1. The quantitative estimate of drug-likeness (QED) is 0.443. The van der Waals surface area contributed by atoms with E-state index in [1.165, 1.54) is 16.9 Å². The highest BCUT2D eigenvalue weighted by atomic mass is 32.1. The number of benzene rings is 2. The summed E-state index contributed by atoms with van der Waals surface area (Å²) < 4.78 is 1.72. The Morgan fingerprint density at radius 1 is 1.13 bits per heavy atom. The molecular formula is C22H18N6O2S. The van der Waals surface area contributed by atoms with Crippen molar-refractivity contribution in [3.63, 3.8) is 0 Å². The molecule has 3 heterocycles. The number of nitrogens with one attached hydrogen (secondary N) is 2. The Hall–Kier alpha value is -3.85. The number of amides is 1. The minimum Gasteiger partial charge on any atom is -0.319 e. The Kier molecular flexibility index (Phi) is 4.79. The van der Waals surface area contributed by atoms with Gasteiger partial charge in [-0.3, -0.25) is 14.9 Å². The maximum absolute atomic E-state index is 12.4. The van der Waals surface area contributed by atoms with E-state index in [9.17, 15) is 9.59 Å². The molecule has 0 aliphatic heterocycles. The summed E-state index contributed by atoms with van der Waals surface area (Å²) in [6, 6.07) is 15.5. The zero-order chi connectivity index (χ0) is 21.4. The summed E-state index contributed by atoms with van der Waals surface area (Å²) in [7, 11) is 0. The fourth-order valence-corrected chi connectivity index (χ4v) is 4.14. The second-order valence-electron chi connectivity index (χ2n) is 7.19. The monoisotopic (exact) mass is 430 g/mol. The maximum atomic E-state index is 12.4. The predicted molar refractivity (Wildman–Crippen MR) is 120 cm³/mol. The molecule has 0 bridgehead atoms. The second-order valence-corrected chi connectivity index (χ2v) is 8.03. The number of H-pyrrole nitrogens is 1. The van der Waals surface area contributed by atoms with Gasteiger partial charge in [-0.05, 0) is 19.1 Å². The number of thiazole rings is 1. The summed E-state index contributed by atoms with van der Waals surface area (Å²) in [6.45, 7) is 2.04. The number of hydrogen-bond acceptors (Lipinski definition) is 6. The number of carbonyl (C=O) groups is 1. The van der Waals surface area contributed by atoms with Crippen LogP contribution in [0.25, 0.3) is 27.3 Å². The van der Waals surface area contributed by atoms with Gasteiger partial charge in [0.2, 0.25) is 16.8 Å². The van der Waals surface area contributed by atoms with E-state index in [1.807, 2.05) is 54.8 Å². The first-order valence-corrected chi connectivity index (χ1v) is 10.6. The third-order valence-electron chi connectivity index (χ3n) is 4.94. The van der Waals surface area contributed by atoms with E-state index in [-0.39, 0.29) is 30.3 Å². The van der Waals surface area contributed by atoms with Crippen LogP contribution >= 0.6 is 11.3 Å². The van der Waals surface area contributed by atoms with Gasteiger partial charge in [-0.1, -0.05) is 42.0 Å².